The van der Waals surface area contributed by atoms with Crippen LogP contribution in [0.2, 0.25) is 0 Å². The second-order valence-corrected chi connectivity index (χ2v) is 6.83. The summed E-state index contributed by atoms with van der Waals surface area (Å²) < 4.78 is 1.11. The van der Waals surface area contributed by atoms with Crippen molar-refractivity contribution in [3.8, 4) is 0 Å². The summed E-state index contributed by atoms with van der Waals surface area (Å²) in [6.07, 6.45) is 0.925. The maximum Gasteiger partial charge on any atom is 0.0344 e. The van der Waals surface area contributed by atoms with Gasteiger partial charge < -0.3 is 0 Å². The van der Waals surface area contributed by atoms with Crippen molar-refractivity contribution in [3.63, 3.8) is 0 Å². The topological polar surface area (TPSA) is 38.0 Å². The molecule has 1 unspecified atom stereocenters. The number of hydrogen-bond donors (Lipinski definition) is 2. The van der Waals surface area contributed by atoms with E-state index in [1.165, 1.54) is 16.0 Å². The van der Waals surface area contributed by atoms with E-state index in [1.54, 1.807) is 0 Å². The Morgan fingerprint density at radius 1 is 1.20 bits per heavy atom. The number of halogens is 1. The summed E-state index contributed by atoms with van der Waals surface area (Å²) >= 11 is 5.34. The number of hydrogen-bond acceptors (Lipinski definition) is 3. The Bertz CT molecular complexity index is 560. The maximum absolute atomic E-state index is 5.68. The zero-order valence-corrected chi connectivity index (χ0v) is 13.9. The first-order valence-electron chi connectivity index (χ1n) is 6.57. The minimum Gasteiger partial charge on any atom is -0.271 e. The number of benzene rings is 2. The lowest BCUT2D eigenvalue weighted by Gasteiger charge is -2.16. The maximum atomic E-state index is 5.68. The van der Waals surface area contributed by atoms with Crippen LogP contribution >= 0.6 is 27.7 Å². The largest absolute Gasteiger partial charge is 0.271 e. The SMILES string of the molecule is Cc1cccc(SCC(Cc2cccc(Br)c2)NN)c1. The molecule has 0 amide bonds. The van der Waals surface area contributed by atoms with Gasteiger partial charge >= 0.3 is 0 Å². The number of thioether (sulfide) groups is 1. The molecule has 106 valence electrons. The van der Waals surface area contributed by atoms with Crippen LogP contribution in [0.25, 0.3) is 0 Å². The quantitative estimate of drug-likeness (QED) is 0.471. The van der Waals surface area contributed by atoms with Crippen molar-refractivity contribution in [2.45, 2.75) is 24.3 Å². The average Bonchev–Trinajstić information content (AvgIpc) is 2.43. The van der Waals surface area contributed by atoms with Crippen molar-refractivity contribution in [3.05, 3.63) is 64.1 Å². The molecule has 0 aliphatic rings. The van der Waals surface area contributed by atoms with E-state index in [-0.39, 0.29) is 6.04 Å². The first-order chi connectivity index (χ1) is 9.67. The van der Waals surface area contributed by atoms with Crippen LogP contribution in [0.5, 0.6) is 0 Å². The molecule has 2 nitrogen and oxygen atoms in total. The van der Waals surface area contributed by atoms with Gasteiger partial charge in [-0.1, -0.05) is 45.8 Å². The fourth-order valence-corrected chi connectivity index (χ4v) is 3.51. The molecule has 2 rings (SSSR count). The summed E-state index contributed by atoms with van der Waals surface area (Å²) in [4.78, 5) is 1.29. The Morgan fingerprint density at radius 2 is 2.00 bits per heavy atom. The van der Waals surface area contributed by atoms with Crippen LogP contribution in [-0.4, -0.2) is 11.8 Å². The first-order valence-corrected chi connectivity index (χ1v) is 8.35. The van der Waals surface area contributed by atoms with E-state index in [0.29, 0.717) is 0 Å². The van der Waals surface area contributed by atoms with Gasteiger partial charge in [0.15, 0.2) is 0 Å². The molecule has 0 aromatic heterocycles. The van der Waals surface area contributed by atoms with Crippen LogP contribution in [0.1, 0.15) is 11.1 Å². The highest BCUT2D eigenvalue weighted by Crippen LogP contribution is 2.21. The minimum absolute atomic E-state index is 0.259. The molecule has 3 N–H and O–H groups in total. The molecule has 0 bridgehead atoms. The highest BCUT2D eigenvalue weighted by molar-refractivity contribution is 9.10. The monoisotopic (exact) mass is 350 g/mol. The highest BCUT2D eigenvalue weighted by atomic mass is 79.9. The third-order valence-electron chi connectivity index (χ3n) is 3.05. The van der Waals surface area contributed by atoms with Gasteiger partial charge in [0.1, 0.15) is 0 Å². The van der Waals surface area contributed by atoms with Crippen molar-refractivity contribution in [2.75, 3.05) is 5.75 Å². The molecule has 0 saturated heterocycles. The van der Waals surface area contributed by atoms with Gasteiger partial charge in [0.05, 0.1) is 0 Å². The van der Waals surface area contributed by atoms with E-state index in [4.69, 9.17) is 5.84 Å². The van der Waals surface area contributed by atoms with Crippen LogP contribution in [0.3, 0.4) is 0 Å². The Balaban J connectivity index is 1.92. The summed E-state index contributed by atoms with van der Waals surface area (Å²) in [6.45, 7) is 2.12. The smallest absolute Gasteiger partial charge is 0.0344 e. The zero-order chi connectivity index (χ0) is 14.4. The number of aryl methyl sites for hydroxylation is 1. The number of rotatable bonds is 6. The van der Waals surface area contributed by atoms with E-state index in [0.717, 1.165) is 16.6 Å². The van der Waals surface area contributed by atoms with E-state index >= 15 is 0 Å². The fraction of sp³-hybridized carbons (Fsp3) is 0.250. The lowest BCUT2D eigenvalue weighted by atomic mass is 10.1. The van der Waals surface area contributed by atoms with Gasteiger partial charge in [-0.3, -0.25) is 11.3 Å². The Morgan fingerprint density at radius 3 is 2.70 bits per heavy atom. The van der Waals surface area contributed by atoms with Crippen LogP contribution in [0.15, 0.2) is 57.9 Å². The van der Waals surface area contributed by atoms with Crippen LogP contribution in [0, 0.1) is 6.92 Å². The standard InChI is InChI=1S/C16H19BrN2S/c1-12-4-2-7-16(8-12)20-11-15(19-18)10-13-5-3-6-14(17)9-13/h2-9,15,19H,10-11,18H2,1H3. The number of nitrogens with two attached hydrogens (primary N) is 1. The molecule has 0 spiro atoms. The molecule has 0 heterocycles. The summed E-state index contributed by atoms with van der Waals surface area (Å²) in [6, 6.07) is 17.2. The van der Waals surface area contributed by atoms with Gasteiger partial charge in [-0.25, -0.2) is 0 Å². The van der Waals surface area contributed by atoms with Gasteiger partial charge in [-0.2, -0.15) is 0 Å². The molecular formula is C16H19BrN2S. The summed E-state index contributed by atoms with van der Waals surface area (Å²) in [5, 5.41) is 0. The third-order valence-corrected chi connectivity index (χ3v) is 4.70. The van der Waals surface area contributed by atoms with Crippen molar-refractivity contribution in [1.82, 2.24) is 5.43 Å². The van der Waals surface area contributed by atoms with Gasteiger partial charge in [0, 0.05) is 21.2 Å². The Hall–Kier alpha value is -0.810. The molecule has 0 aliphatic heterocycles. The second-order valence-electron chi connectivity index (χ2n) is 4.83. The molecule has 20 heavy (non-hydrogen) atoms. The van der Waals surface area contributed by atoms with Crippen molar-refractivity contribution >= 4 is 27.7 Å². The molecule has 2 aromatic rings. The average molecular weight is 351 g/mol. The molecule has 0 saturated carbocycles. The van der Waals surface area contributed by atoms with Gasteiger partial charge in [0.25, 0.3) is 0 Å². The van der Waals surface area contributed by atoms with Gasteiger partial charge in [-0.05, 0) is 43.2 Å². The molecule has 0 radical (unpaired) electrons. The van der Waals surface area contributed by atoms with E-state index in [9.17, 15) is 0 Å². The molecule has 0 fully saturated rings. The molecule has 0 aliphatic carbocycles. The normalized spacial score (nSPS) is 12.3. The van der Waals surface area contributed by atoms with Crippen LogP contribution < -0.4 is 11.3 Å². The third kappa shape index (κ3) is 4.94. The molecule has 1 atom stereocenters. The van der Waals surface area contributed by atoms with E-state index in [1.807, 2.05) is 17.8 Å². The van der Waals surface area contributed by atoms with Crippen molar-refractivity contribution < 1.29 is 0 Å². The predicted molar refractivity (Wildman–Crippen MR) is 90.9 cm³/mol. The minimum atomic E-state index is 0.259. The van der Waals surface area contributed by atoms with Crippen molar-refractivity contribution in [2.24, 2.45) is 5.84 Å². The molecule has 4 heteroatoms. The predicted octanol–water partition coefficient (Wildman–Crippen LogP) is 3.92. The first kappa shape index (κ1) is 15.6. The lowest BCUT2D eigenvalue weighted by molar-refractivity contribution is 0.575. The Kier molecular flexibility index (Phi) is 6.10. The summed E-state index contributed by atoms with van der Waals surface area (Å²) in [7, 11) is 0. The van der Waals surface area contributed by atoms with Crippen LogP contribution in [-0.2, 0) is 6.42 Å². The number of hydrazine groups is 1. The molecular weight excluding hydrogens is 332 g/mol. The summed E-state index contributed by atoms with van der Waals surface area (Å²) in [5.41, 5.74) is 5.49. The van der Waals surface area contributed by atoms with Crippen LogP contribution in [0.4, 0.5) is 0 Å². The zero-order valence-electron chi connectivity index (χ0n) is 11.5. The second kappa shape index (κ2) is 7.84. The highest BCUT2D eigenvalue weighted by Gasteiger charge is 2.09. The van der Waals surface area contributed by atoms with Gasteiger partial charge in [0.2, 0.25) is 0 Å². The van der Waals surface area contributed by atoms with Crippen molar-refractivity contribution in [1.29, 1.82) is 0 Å². The van der Waals surface area contributed by atoms with E-state index < -0.39 is 0 Å². The Labute approximate surface area is 133 Å². The lowest BCUT2D eigenvalue weighted by Crippen LogP contribution is -2.38. The number of nitrogens with one attached hydrogen (secondary N) is 1. The fourth-order valence-electron chi connectivity index (χ4n) is 2.02. The van der Waals surface area contributed by atoms with E-state index in [2.05, 4.69) is 70.7 Å². The summed E-state index contributed by atoms with van der Waals surface area (Å²) in [5.74, 6) is 6.63. The molecule has 2 aromatic carbocycles. The van der Waals surface area contributed by atoms with Gasteiger partial charge in [-0.15, -0.1) is 11.8 Å².